The second kappa shape index (κ2) is 29.3. The molecule has 0 rings (SSSR count). The van der Waals surface area contributed by atoms with Crippen LogP contribution in [0.5, 0.6) is 0 Å². The van der Waals surface area contributed by atoms with Gasteiger partial charge in [-0.2, -0.15) is 12.8 Å². The van der Waals surface area contributed by atoms with Crippen LogP contribution in [0, 0.1) is 13.8 Å². The van der Waals surface area contributed by atoms with Gasteiger partial charge in [-0.25, -0.2) is 0 Å². The fourth-order valence-electron chi connectivity index (χ4n) is 0. The van der Waals surface area contributed by atoms with E-state index < -0.39 is 0 Å². The quantitative estimate of drug-likeness (QED) is 0.358. The summed E-state index contributed by atoms with van der Waals surface area (Å²) in [6.07, 6.45) is 4.56. The molecule has 0 aliphatic rings. The molecule has 0 bridgehead atoms. The van der Waals surface area contributed by atoms with Gasteiger partial charge in [-0.1, -0.05) is 31.0 Å². The van der Waals surface area contributed by atoms with Crippen LogP contribution in [0.15, 0.2) is 0 Å². The second-order valence-corrected chi connectivity index (χ2v) is 3.16. The Bertz CT molecular complexity index is 68.0. The Hall–Kier alpha value is 0.629. The topological polar surface area (TPSA) is 26.0 Å². The number of hydrogen-bond acceptors (Lipinski definition) is 2. The molecule has 0 atom stereocenters. The third-order valence-electron chi connectivity index (χ3n) is 0.707. The van der Waals surface area contributed by atoms with Gasteiger partial charge in [-0.05, 0) is 0 Å². The van der Waals surface area contributed by atoms with E-state index in [1.165, 1.54) is 12.8 Å². The van der Waals surface area contributed by atoms with E-state index in [2.05, 4.69) is 58.3 Å². The Morgan fingerprint density at radius 3 is 1.31 bits per heavy atom. The first-order valence-electron chi connectivity index (χ1n) is 4.11. The van der Waals surface area contributed by atoms with Crippen molar-refractivity contribution in [2.24, 2.45) is 5.73 Å². The zero-order valence-electron chi connectivity index (χ0n) is 8.51. The molecule has 0 fully saturated rings. The van der Waals surface area contributed by atoms with E-state index in [9.17, 15) is 0 Å². The molecule has 1 nitrogen and oxygen atoms in total. The summed E-state index contributed by atoms with van der Waals surface area (Å²) in [6.45, 7) is 11.4. The van der Waals surface area contributed by atoms with Gasteiger partial charge in [0.25, 0.3) is 0 Å². The molecule has 13 heavy (non-hydrogen) atoms. The van der Waals surface area contributed by atoms with Crippen LogP contribution in [0.2, 0.25) is 0 Å². The molecule has 80 valence electrons. The van der Waals surface area contributed by atoms with Gasteiger partial charge in [0.1, 0.15) is 0 Å². The number of nitrogens with two attached hydrogens (primary N) is 1. The van der Waals surface area contributed by atoms with Gasteiger partial charge in [0.15, 0.2) is 0 Å². The number of unbranched alkanes of at least 4 members (excludes halogenated alkanes) is 2. The van der Waals surface area contributed by atoms with Crippen molar-refractivity contribution in [1.29, 1.82) is 0 Å². The van der Waals surface area contributed by atoms with Crippen molar-refractivity contribution in [3.63, 3.8) is 0 Å². The summed E-state index contributed by atoms with van der Waals surface area (Å²) >= 11 is 8.26. The molecule has 0 saturated heterocycles. The Kier molecular flexibility index (Phi) is 52.9. The van der Waals surface area contributed by atoms with Crippen LogP contribution in [-0.2, 0) is 29.7 Å². The van der Waals surface area contributed by atoms with Crippen LogP contribution >= 0.6 is 12.2 Å². The Morgan fingerprint density at radius 2 is 1.31 bits per heavy atom. The molecule has 0 aromatic heterocycles. The first-order chi connectivity index (χ1) is 5.56. The maximum absolute atomic E-state index is 4.66. The molecule has 0 heterocycles. The minimum absolute atomic E-state index is 0. The third-order valence-corrected chi connectivity index (χ3v) is 0.707. The first-order valence-corrected chi connectivity index (χ1v) is 4.93. The summed E-state index contributed by atoms with van der Waals surface area (Å²) in [4.78, 5) is 0. The summed E-state index contributed by atoms with van der Waals surface area (Å²) in [5.74, 6) is 0. The number of hydrogen-bond donors (Lipinski definition) is 1. The molecule has 0 aromatic rings. The van der Waals surface area contributed by atoms with Crippen molar-refractivity contribution in [2.45, 2.75) is 39.5 Å². The van der Waals surface area contributed by atoms with Crippen LogP contribution in [0.3, 0.4) is 0 Å². The molecule has 0 unspecified atom stereocenters. The van der Waals surface area contributed by atoms with Crippen molar-refractivity contribution in [1.82, 2.24) is 0 Å². The molecule has 0 aliphatic heterocycles. The summed E-state index contributed by atoms with van der Waals surface area (Å²) in [6, 6.07) is 0. The summed E-state index contributed by atoms with van der Waals surface area (Å²) in [5, 5.41) is 0. The second-order valence-electron chi connectivity index (χ2n) is 2.03. The van der Waals surface area contributed by atoms with E-state index in [4.69, 9.17) is 0 Å². The molecule has 0 spiro atoms. The molecule has 0 aromatic carbocycles. The predicted molar refractivity (Wildman–Crippen MR) is 64.7 cm³/mol. The standard InChI is InChI=1S/2C4H9.CH3NS2.Mn/c2*1-3-4-2;2-1(3)4;/h2*1,3-4H2,2H3;(H3,2,3,4);/q2*-1;;+3/p-1. The maximum atomic E-state index is 4.66. The fraction of sp³-hybridized carbons (Fsp3) is 0.667. The maximum Gasteiger partial charge on any atom is 3.00 e. The number of rotatable bonds is 2. The molecular weight excluding hydrogens is 241 g/mol. The molecule has 0 aliphatic carbocycles. The van der Waals surface area contributed by atoms with Gasteiger partial charge in [0.05, 0.1) is 0 Å². The van der Waals surface area contributed by atoms with Gasteiger partial charge < -0.3 is 44.4 Å². The largest absolute Gasteiger partial charge is 3.00 e. The first kappa shape index (κ1) is 23.4. The van der Waals surface area contributed by atoms with Crippen molar-refractivity contribution in [2.75, 3.05) is 0 Å². The monoisotopic (exact) mass is 261 g/mol. The third kappa shape index (κ3) is 206. The average Bonchev–Trinajstić information content (AvgIpc) is 2.03. The van der Waals surface area contributed by atoms with Crippen molar-refractivity contribution < 1.29 is 17.1 Å². The Labute approximate surface area is 105 Å². The molecule has 4 heteroatoms. The van der Waals surface area contributed by atoms with E-state index in [-0.39, 0.29) is 21.4 Å². The molecule has 0 radical (unpaired) electrons. The van der Waals surface area contributed by atoms with E-state index in [0.29, 0.717) is 0 Å². The van der Waals surface area contributed by atoms with E-state index in [1.54, 1.807) is 0 Å². The predicted octanol–water partition coefficient (Wildman–Crippen LogP) is 3.02. The Balaban J connectivity index is -0.0000000450. The SMILES string of the molecule is NC(=S)[S-].[CH2-]CCC.[CH2-]CCC.[Mn+3]. The minimum Gasteiger partial charge on any atom is -0.415 e. The van der Waals surface area contributed by atoms with Crippen LogP contribution < -0.4 is 5.73 Å². The molecular formula is C9H20MnNS2. The van der Waals surface area contributed by atoms with Crippen molar-refractivity contribution in [3.05, 3.63) is 13.8 Å². The van der Waals surface area contributed by atoms with Crippen LogP contribution in [0.25, 0.3) is 0 Å². The molecule has 0 amide bonds. The Morgan fingerprint density at radius 1 is 1.23 bits per heavy atom. The van der Waals surface area contributed by atoms with Gasteiger partial charge >= 0.3 is 17.1 Å². The fourth-order valence-corrected chi connectivity index (χ4v) is 0. The van der Waals surface area contributed by atoms with Crippen molar-refractivity contribution in [3.8, 4) is 0 Å². The van der Waals surface area contributed by atoms with Gasteiger partial charge in [-0.15, -0.1) is 0 Å². The van der Waals surface area contributed by atoms with Crippen molar-refractivity contribution >= 4 is 29.2 Å². The normalized spacial score (nSPS) is 6.46. The van der Waals surface area contributed by atoms with E-state index in [1.807, 2.05) is 0 Å². The number of thiocarbonyl (C=S) groups is 1. The smallest absolute Gasteiger partial charge is 0.415 e. The van der Waals surface area contributed by atoms with Crippen LogP contribution in [-0.4, -0.2) is 4.32 Å². The molecule has 2 N–H and O–H groups in total. The van der Waals surface area contributed by atoms with Crippen LogP contribution in [0.1, 0.15) is 39.5 Å². The summed E-state index contributed by atoms with van der Waals surface area (Å²) in [5.41, 5.74) is 4.66. The van der Waals surface area contributed by atoms with Gasteiger partial charge in [0, 0.05) is 0 Å². The minimum atomic E-state index is 0. The zero-order chi connectivity index (χ0) is 10.4. The van der Waals surface area contributed by atoms with Gasteiger partial charge in [0.2, 0.25) is 0 Å². The van der Waals surface area contributed by atoms with E-state index in [0.717, 1.165) is 12.8 Å². The summed E-state index contributed by atoms with van der Waals surface area (Å²) < 4.78 is 0.0833. The molecule has 0 saturated carbocycles. The van der Waals surface area contributed by atoms with Crippen LogP contribution in [0.4, 0.5) is 0 Å². The zero-order valence-corrected chi connectivity index (χ0v) is 11.3. The van der Waals surface area contributed by atoms with Gasteiger partial charge in [-0.3, -0.25) is 0 Å². The van der Waals surface area contributed by atoms with E-state index >= 15 is 0 Å². The summed E-state index contributed by atoms with van der Waals surface area (Å²) in [7, 11) is 0. The average molecular weight is 261 g/mol.